The van der Waals surface area contributed by atoms with E-state index >= 15 is 0 Å². The van der Waals surface area contributed by atoms with E-state index in [1.807, 2.05) is 23.1 Å². The Morgan fingerprint density at radius 3 is 2.52 bits per heavy atom. The highest BCUT2D eigenvalue weighted by Gasteiger charge is 2.24. The fraction of sp³-hybridized carbons (Fsp3) is 0.579. The molecule has 7 nitrogen and oxygen atoms in total. The third-order valence-electron chi connectivity index (χ3n) is 4.56. The summed E-state index contributed by atoms with van der Waals surface area (Å²) in [7, 11) is 3.19. The third kappa shape index (κ3) is 6.50. The molecular formula is C19H27ClN2O5. The van der Waals surface area contributed by atoms with E-state index in [1.54, 1.807) is 14.2 Å². The molecule has 0 aromatic heterocycles. The number of likely N-dealkylation sites (tertiary alicyclic amines) is 1. The smallest absolute Gasteiger partial charge is 0.407 e. The minimum absolute atomic E-state index is 0.0303. The Balaban J connectivity index is 1.75. The second kappa shape index (κ2) is 10.9. The summed E-state index contributed by atoms with van der Waals surface area (Å²) in [5.74, 6) is 1.73. The number of ether oxygens (including phenoxy) is 3. The van der Waals surface area contributed by atoms with E-state index in [0.717, 1.165) is 18.4 Å². The van der Waals surface area contributed by atoms with Gasteiger partial charge in [-0.25, -0.2) is 4.79 Å². The van der Waals surface area contributed by atoms with Gasteiger partial charge < -0.3 is 24.4 Å². The Morgan fingerprint density at radius 1 is 1.19 bits per heavy atom. The number of halogens is 1. The van der Waals surface area contributed by atoms with Crippen molar-refractivity contribution in [3.05, 3.63) is 23.8 Å². The number of benzene rings is 1. The summed E-state index contributed by atoms with van der Waals surface area (Å²) in [6, 6.07) is 5.72. The molecular weight excluding hydrogens is 372 g/mol. The van der Waals surface area contributed by atoms with Crippen molar-refractivity contribution in [3.8, 4) is 11.5 Å². The standard InChI is InChI=1S/C19H27ClN2O5/c1-25-16-5-3-14(13-17(16)26-2)4-6-18(23)22-10-7-15(8-11-22)21-19(24)27-12-9-20/h3,5,13,15H,4,6-12H2,1-2H3,(H,21,24). The van der Waals surface area contributed by atoms with Crippen LogP contribution in [0.5, 0.6) is 11.5 Å². The maximum absolute atomic E-state index is 12.5. The molecule has 0 atom stereocenters. The third-order valence-corrected chi connectivity index (χ3v) is 4.71. The number of alkyl halides is 1. The molecule has 2 amide bonds. The van der Waals surface area contributed by atoms with Gasteiger partial charge in [-0.05, 0) is 37.0 Å². The number of hydrogen-bond donors (Lipinski definition) is 1. The lowest BCUT2D eigenvalue weighted by Crippen LogP contribution is -2.46. The van der Waals surface area contributed by atoms with Crippen molar-refractivity contribution < 1.29 is 23.8 Å². The zero-order chi connectivity index (χ0) is 19.6. The summed E-state index contributed by atoms with van der Waals surface area (Å²) in [6.45, 7) is 1.46. The highest BCUT2D eigenvalue weighted by atomic mass is 35.5. The quantitative estimate of drug-likeness (QED) is 0.681. The van der Waals surface area contributed by atoms with Crippen LogP contribution in [-0.4, -0.2) is 62.7 Å². The number of carbonyl (C=O) groups is 2. The summed E-state index contributed by atoms with van der Waals surface area (Å²) in [6.07, 6.45) is 2.07. The average Bonchev–Trinajstić information content (AvgIpc) is 2.70. The Kier molecular flexibility index (Phi) is 8.51. The Labute approximate surface area is 164 Å². The van der Waals surface area contributed by atoms with Crippen LogP contribution in [0.15, 0.2) is 18.2 Å². The minimum Gasteiger partial charge on any atom is -0.493 e. The lowest BCUT2D eigenvalue weighted by molar-refractivity contribution is -0.132. The van der Waals surface area contributed by atoms with Crippen LogP contribution in [0.1, 0.15) is 24.8 Å². The van der Waals surface area contributed by atoms with Crippen molar-refractivity contribution in [2.24, 2.45) is 0 Å². The number of hydrogen-bond acceptors (Lipinski definition) is 5. The molecule has 0 bridgehead atoms. The van der Waals surface area contributed by atoms with Gasteiger partial charge in [0.15, 0.2) is 11.5 Å². The van der Waals surface area contributed by atoms with Gasteiger partial charge in [0.05, 0.1) is 20.1 Å². The van der Waals surface area contributed by atoms with Crippen LogP contribution in [0.2, 0.25) is 0 Å². The van der Waals surface area contributed by atoms with Crippen LogP contribution in [0, 0.1) is 0 Å². The van der Waals surface area contributed by atoms with Crippen molar-refractivity contribution in [2.45, 2.75) is 31.7 Å². The summed E-state index contributed by atoms with van der Waals surface area (Å²) in [5, 5.41) is 2.81. The Hall–Kier alpha value is -2.15. The van der Waals surface area contributed by atoms with Crippen molar-refractivity contribution >= 4 is 23.6 Å². The maximum atomic E-state index is 12.5. The van der Waals surface area contributed by atoms with Gasteiger partial charge in [-0.2, -0.15) is 0 Å². The largest absolute Gasteiger partial charge is 0.493 e. The normalized spacial score (nSPS) is 14.6. The van der Waals surface area contributed by atoms with E-state index in [-0.39, 0.29) is 24.4 Å². The predicted molar refractivity (Wildman–Crippen MR) is 103 cm³/mol. The van der Waals surface area contributed by atoms with Gasteiger partial charge in [-0.15, -0.1) is 11.6 Å². The van der Waals surface area contributed by atoms with Gasteiger partial charge in [-0.3, -0.25) is 4.79 Å². The zero-order valence-corrected chi connectivity index (χ0v) is 16.6. The Morgan fingerprint density at radius 2 is 1.89 bits per heavy atom. The summed E-state index contributed by atoms with van der Waals surface area (Å²) < 4.78 is 15.4. The second-order valence-corrected chi connectivity index (χ2v) is 6.69. The second-order valence-electron chi connectivity index (χ2n) is 6.31. The van der Waals surface area contributed by atoms with E-state index in [0.29, 0.717) is 37.4 Å². The van der Waals surface area contributed by atoms with Crippen molar-refractivity contribution in [2.75, 3.05) is 39.8 Å². The fourth-order valence-corrected chi connectivity index (χ4v) is 3.14. The molecule has 0 radical (unpaired) electrons. The van der Waals surface area contributed by atoms with E-state index in [2.05, 4.69) is 5.32 Å². The first-order valence-corrected chi connectivity index (χ1v) is 9.58. The van der Waals surface area contributed by atoms with E-state index in [4.69, 9.17) is 25.8 Å². The molecule has 1 aliphatic rings. The molecule has 1 aliphatic heterocycles. The molecule has 0 aliphatic carbocycles. The number of aryl methyl sites for hydroxylation is 1. The molecule has 0 unspecified atom stereocenters. The number of rotatable bonds is 8. The number of alkyl carbamates (subject to hydrolysis) is 1. The highest BCUT2D eigenvalue weighted by Crippen LogP contribution is 2.28. The molecule has 150 valence electrons. The van der Waals surface area contributed by atoms with Crippen molar-refractivity contribution in [1.82, 2.24) is 10.2 Å². The molecule has 0 saturated carbocycles. The summed E-state index contributed by atoms with van der Waals surface area (Å²) >= 11 is 5.49. The Bertz CT molecular complexity index is 633. The summed E-state index contributed by atoms with van der Waals surface area (Å²) in [4.78, 5) is 25.9. The molecule has 1 N–H and O–H groups in total. The first-order chi connectivity index (χ1) is 13.1. The van der Waals surface area contributed by atoms with Gasteiger partial charge in [-0.1, -0.05) is 6.07 Å². The number of methoxy groups -OCH3 is 2. The van der Waals surface area contributed by atoms with Crippen LogP contribution in [0.3, 0.4) is 0 Å². The predicted octanol–water partition coefficient (Wildman–Crippen LogP) is 2.59. The van der Waals surface area contributed by atoms with Crippen molar-refractivity contribution in [3.63, 3.8) is 0 Å². The molecule has 2 rings (SSSR count). The molecule has 0 spiro atoms. The van der Waals surface area contributed by atoms with E-state index in [1.165, 1.54) is 0 Å². The van der Waals surface area contributed by atoms with Crippen LogP contribution in [0.25, 0.3) is 0 Å². The van der Waals surface area contributed by atoms with Crippen LogP contribution < -0.4 is 14.8 Å². The number of nitrogens with zero attached hydrogens (tertiary/aromatic N) is 1. The van der Waals surface area contributed by atoms with Crippen molar-refractivity contribution in [1.29, 1.82) is 0 Å². The molecule has 27 heavy (non-hydrogen) atoms. The molecule has 1 saturated heterocycles. The van der Waals surface area contributed by atoms with Gasteiger partial charge in [0.1, 0.15) is 6.61 Å². The van der Waals surface area contributed by atoms with Gasteiger partial charge in [0.2, 0.25) is 5.91 Å². The molecule has 1 heterocycles. The number of piperidine rings is 1. The number of carbonyl (C=O) groups excluding carboxylic acids is 2. The molecule has 8 heteroatoms. The van der Waals surface area contributed by atoms with Crippen LogP contribution in [0.4, 0.5) is 4.79 Å². The minimum atomic E-state index is -0.450. The maximum Gasteiger partial charge on any atom is 0.407 e. The SMILES string of the molecule is COc1ccc(CCC(=O)N2CCC(NC(=O)OCCCl)CC2)cc1OC. The molecule has 1 aromatic carbocycles. The van der Waals surface area contributed by atoms with Crippen LogP contribution in [-0.2, 0) is 16.0 Å². The van der Waals surface area contributed by atoms with Gasteiger partial charge in [0.25, 0.3) is 0 Å². The van der Waals surface area contributed by atoms with Gasteiger partial charge >= 0.3 is 6.09 Å². The molecule has 1 fully saturated rings. The van der Waals surface area contributed by atoms with Crippen LogP contribution >= 0.6 is 11.6 Å². The number of amides is 2. The average molecular weight is 399 g/mol. The highest BCUT2D eigenvalue weighted by molar-refractivity contribution is 6.18. The zero-order valence-electron chi connectivity index (χ0n) is 15.8. The first kappa shape index (κ1) is 21.2. The lowest BCUT2D eigenvalue weighted by atomic mass is 10.0. The number of nitrogens with one attached hydrogen (secondary N) is 1. The van der Waals surface area contributed by atoms with E-state index < -0.39 is 6.09 Å². The molecule has 1 aromatic rings. The van der Waals surface area contributed by atoms with E-state index in [9.17, 15) is 9.59 Å². The fourth-order valence-electron chi connectivity index (χ4n) is 3.06. The topological polar surface area (TPSA) is 77.1 Å². The first-order valence-electron chi connectivity index (χ1n) is 9.05. The van der Waals surface area contributed by atoms with Gasteiger partial charge in [0, 0.05) is 25.6 Å². The lowest BCUT2D eigenvalue weighted by Gasteiger charge is -2.32. The monoisotopic (exact) mass is 398 g/mol. The summed E-state index contributed by atoms with van der Waals surface area (Å²) in [5.41, 5.74) is 1.03.